The fraction of sp³-hybridized carbons (Fsp3) is 0.333. The Balaban J connectivity index is 2.35. The molecule has 0 aliphatic carbocycles. The lowest BCUT2D eigenvalue weighted by molar-refractivity contribution is 0.0991. The average molecular weight is 337 g/mol. The Labute approximate surface area is 126 Å². The molecule has 0 spiro atoms. The van der Waals surface area contributed by atoms with Crippen LogP contribution in [0.4, 0.5) is 0 Å². The van der Waals surface area contributed by atoms with Gasteiger partial charge in [0.2, 0.25) is 0 Å². The number of aromatic nitrogens is 2. The number of ketones is 1. The third kappa shape index (κ3) is 2.77. The van der Waals surface area contributed by atoms with E-state index in [1.165, 1.54) is 0 Å². The summed E-state index contributed by atoms with van der Waals surface area (Å²) in [4.78, 5) is 12.5. The number of Topliss-reactive ketones (excluding diaryl/α,β-unsaturated/α-hetero) is 1. The number of hydrogen-bond donors (Lipinski definition) is 0. The van der Waals surface area contributed by atoms with Crippen molar-refractivity contribution in [2.45, 2.75) is 20.3 Å². The minimum absolute atomic E-state index is 0.0597. The van der Waals surface area contributed by atoms with Gasteiger partial charge in [-0.1, -0.05) is 15.9 Å². The topological polar surface area (TPSA) is 44.1 Å². The van der Waals surface area contributed by atoms with E-state index in [0.29, 0.717) is 12.0 Å². The van der Waals surface area contributed by atoms with Gasteiger partial charge in [0.05, 0.1) is 18.4 Å². The van der Waals surface area contributed by atoms with E-state index in [1.54, 1.807) is 11.8 Å². The van der Waals surface area contributed by atoms with Gasteiger partial charge in [-0.2, -0.15) is 5.10 Å². The van der Waals surface area contributed by atoms with Crippen molar-refractivity contribution in [3.8, 4) is 5.75 Å². The van der Waals surface area contributed by atoms with Crippen LogP contribution in [0.1, 0.15) is 27.3 Å². The van der Waals surface area contributed by atoms with Crippen molar-refractivity contribution in [3.05, 3.63) is 45.2 Å². The van der Waals surface area contributed by atoms with E-state index in [4.69, 9.17) is 4.74 Å². The lowest BCUT2D eigenvalue weighted by Crippen LogP contribution is -2.07. The molecule has 1 aromatic carbocycles. The van der Waals surface area contributed by atoms with Crippen molar-refractivity contribution < 1.29 is 9.53 Å². The lowest BCUT2D eigenvalue weighted by atomic mass is 10.0. The SMILES string of the molecule is COc1ccc(Br)cc1CC(=O)c1c(C)nn(C)c1C. The number of hydrogen-bond acceptors (Lipinski definition) is 3. The fourth-order valence-corrected chi connectivity index (χ4v) is 2.73. The standard InChI is InChI=1S/C15H17BrN2O2/c1-9-15(10(2)18(3)17-9)13(19)8-11-7-12(16)5-6-14(11)20-4/h5-7H,8H2,1-4H3. The van der Waals surface area contributed by atoms with Gasteiger partial charge < -0.3 is 4.74 Å². The lowest BCUT2D eigenvalue weighted by Gasteiger charge is -2.08. The van der Waals surface area contributed by atoms with Gasteiger partial charge in [0.15, 0.2) is 5.78 Å². The first-order chi connectivity index (χ1) is 9.43. The number of halogens is 1. The normalized spacial score (nSPS) is 10.7. The van der Waals surface area contributed by atoms with Crippen LogP contribution in [-0.2, 0) is 13.5 Å². The highest BCUT2D eigenvalue weighted by Crippen LogP contribution is 2.25. The van der Waals surface area contributed by atoms with Crippen LogP contribution >= 0.6 is 15.9 Å². The van der Waals surface area contributed by atoms with Gasteiger partial charge in [0.1, 0.15) is 5.75 Å². The summed E-state index contributed by atoms with van der Waals surface area (Å²) in [7, 11) is 3.45. The maximum Gasteiger partial charge on any atom is 0.171 e. The molecule has 20 heavy (non-hydrogen) atoms. The predicted octanol–water partition coefficient (Wildman–Crippen LogP) is 3.23. The molecular weight excluding hydrogens is 320 g/mol. The van der Waals surface area contributed by atoms with E-state index in [2.05, 4.69) is 21.0 Å². The molecule has 0 saturated carbocycles. The van der Waals surface area contributed by atoms with E-state index < -0.39 is 0 Å². The van der Waals surface area contributed by atoms with Gasteiger partial charge in [-0.25, -0.2) is 0 Å². The zero-order valence-electron chi connectivity index (χ0n) is 12.0. The second-order valence-corrected chi connectivity index (χ2v) is 5.64. The highest BCUT2D eigenvalue weighted by molar-refractivity contribution is 9.10. The summed E-state index contributed by atoms with van der Waals surface area (Å²) < 4.78 is 7.98. The summed E-state index contributed by atoms with van der Waals surface area (Å²) in [5.41, 5.74) is 3.23. The van der Waals surface area contributed by atoms with Crippen molar-refractivity contribution >= 4 is 21.7 Å². The monoisotopic (exact) mass is 336 g/mol. The quantitative estimate of drug-likeness (QED) is 0.805. The number of rotatable bonds is 4. The van der Waals surface area contributed by atoms with Crippen molar-refractivity contribution in [3.63, 3.8) is 0 Å². The highest BCUT2D eigenvalue weighted by Gasteiger charge is 2.19. The number of nitrogens with zero attached hydrogens (tertiary/aromatic N) is 2. The first-order valence-corrected chi connectivity index (χ1v) is 7.09. The van der Waals surface area contributed by atoms with Crippen molar-refractivity contribution in [1.82, 2.24) is 9.78 Å². The fourth-order valence-electron chi connectivity index (χ4n) is 2.32. The van der Waals surface area contributed by atoms with Crippen molar-refractivity contribution in [1.29, 1.82) is 0 Å². The van der Waals surface area contributed by atoms with Gasteiger partial charge in [0.25, 0.3) is 0 Å². The van der Waals surface area contributed by atoms with E-state index in [1.807, 2.05) is 39.1 Å². The van der Waals surface area contributed by atoms with Crippen LogP contribution in [0.25, 0.3) is 0 Å². The molecule has 2 rings (SSSR count). The zero-order valence-corrected chi connectivity index (χ0v) is 13.6. The molecule has 2 aromatic rings. The highest BCUT2D eigenvalue weighted by atomic mass is 79.9. The molecule has 5 heteroatoms. The molecule has 1 aromatic heterocycles. The first kappa shape index (κ1) is 14.8. The Morgan fingerprint density at radius 3 is 2.65 bits per heavy atom. The molecular formula is C15H17BrN2O2. The molecule has 0 bridgehead atoms. The minimum Gasteiger partial charge on any atom is -0.496 e. The molecule has 0 aliphatic heterocycles. The minimum atomic E-state index is 0.0597. The van der Waals surface area contributed by atoms with Crippen LogP contribution in [0.5, 0.6) is 5.75 Å². The second-order valence-electron chi connectivity index (χ2n) is 4.73. The molecule has 0 saturated heterocycles. The Kier molecular flexibility index (Phi) is 4.28. The van der Waals surface area contributed by atoms with Gasteiger partial charge >= 0.3 is 0 Å². The molecule has 0 fully saturated rings. The number of ether oxygens (including phenoxy) is 1. The van der Waals surface area contributed by atoms with Gasteiger partial charge in [-0.15, -0.1) is 0 Å². The second kappa shape index (κ2) is 5.79. The van der Waals surface area contributed by atoms with Crippen LogP contribution in [0, 0.1) is 13.8 Å². The third-order valence-corrected chi connectivity index (χ3v) is 3.87. The zero-order chi connectivity index (χ0) is 14.9. The average Bonchev–Trinajstić information content (AvgIpc) is 2.63. The summed E-state index contributed by atoms with van der Waals surface area (Å²) in [6, 6.07) is 5.67. The predicted molar refractivity (Wildman–Crippen MR) is 81.4 cm³/mol. The molecule has 0 N–H and O–H groups in total. The van der Waals surface area contributed by atoms with Crippen LogP contribution < -0.4 is 4.74 Å². The Hall–Kier alpha value is -1.62. The number of carbonyl (C=O) groups excluding carboxylic acids is 1. The molecule has 0 unspecified atom stereocenters. The van der Waals surface area contributed by atoms with Gasteiger partial charge in [-0.3, -0.25) is 9.48 Å². The number of aryl methyl sites for hydroxylation is 2. The summed E-state index contributed by atoms with van der Waals surface area (Å²) in [6.45, 7) is 3.77. The van der Waals surface area contributed by atoms with Gasteiger partial charge in [0, 0.05) is 29.2 Å². The number of carbonyl (C=O) groups is 1. The third-order valence-electron chi connectivity index (χ3n) is 3.38. The molecule has 1 heterocycles. The summed E-state index contributed by atoms with van der Waals surface area (Å²) in [6.07, 6.45) is 0.302. The molecule has 4 nitrogen and oxygen atoms in total. The maximum atomic E-state index is 12.5. The summed E-state index contributed by atoms with van der Waals surface area (Å²) in [5.74, 6) is 0.783. The van der Waals surface area contributed by atoms with E-state index in [0.717, 1.165) is 27.2 Å². The van der Waals surface area contributed by atoms with Crippen LogP contribution in [0.15, 0.2) is 22.7 Å². The van der Waals surface area contributed by atoms with Crippen LogP contribution in [0.2, 0.25) is 0 Å². The smallest absolute Gasteiger partial charge is 0.171 e. The van der Waals surface area contributed by atoms with Crippen molar-refractivity contribution in [2.75, 3.05) is 7.11 Å². The Morgan fingerprint density at radius 2 is 2.10 bits per heavy atom. The largest absolute Gasteiger partial charge is 0.496 e. The first-order valence-electron chi connectivity index (χ1n) is 6.30. The van der Waals surface area contributed by atoms with E-state index in [-0.39, 0.29) is 5.78 Å². The molecule has 0 radical (unpaired) electrons. The van der Waals surface area contributed by atoms with E-state index in [9.17, 15) is 4.79 Å². The van der Waals surface area contributed by atoms with Crippen LogP contribution in [0.3, 0.4) is 0 Å². The molecule has 0 aliphatic rings. The maximum absolute atomic E-state index is 12.5. The molecule has 106 valence electrons. The Morgan fingerprint density at radius 1 is 1.40 bits per heavy atom. The molecule has 0 atom stereocenters. The van der Waals surface area contributed by atoms with Gasteiger partial charge in [-0.05, 0) is 32.0 Å². The summed E-state index contributed by atoms with van der Waals surface area (Å²) >= 11 is 3.42. The number of methoxy groups -OCH3 is 1. The molecule has 0 amide bonds. The Bertz CT molecular complexity index is 662. The van der Waals surface area contributed by atoms with Crippen LogP contribution in [-0.4, -0.2) is 22.7 Å². The van der Waals surface area contributed by atoms with Crippen molar-refractivity contribution in [2.24, 2.45) is 7.05 Å². The van der Waals surface area contributed by atoms with E-state index >= 15 is 0 Å². The summed E-state index contributed by atoms with van der Waals surface area (Å²) in [5, 5.41) is 4.29. The number of benzene rings is 1.